The predicted octanol–water partition coefficient (Wildman–Crippen LogP) is 5.08. The highest BCUT2D eigenvalue weighted by Crippen LogP contribution is 2.41. The molecule has 0 radical (unpaired) electrons. The molecule has 69 heavy (non-hydrogen) atoms. The molecule has 3 heterocycles. The average Bonchev–Trinajstić information content (AvgIpc) is 3.30. The second-order valence-electron chi connectivity index (χ2n) is 20.8. The highest BCUT2D eigenvalue weighted by atomic mass is 16.7. The first-order valence-electron chi connectivity index (χ1n) is 25.0. The van der Waals surface area contributed by atoms with E-state index in [1.165, 1.54) is 14.0 Å². The van der Waals surface area contributed by atoms with E-state index in [0.717, 1.165) is 24.8 Å². The van der Waals surface area contributed by atoms with Crippen LogP contribution in [-0.4, -0.2) is 167 Å². The van der Waals surface area contributed by atoms with Gasteiger partial charge in [-0.05, 0) is 99.7 Å². The number of carbonyl (C=O) groups is 2. The van der Waals surface area contributed by atoms with Gasteiger partial charge in [0.1, 0.15) is 37.1 Å². The summed E-state index contributed by atoms with van der Waals surface area (Å²) in [7, 11) is 5.22. The van der Waals surface area contributed by atoms with Gasteiger partial charge in [-0.3, -0.25) is 4.79 Å². The Kier molecular flexibility index (Phi) is 22.1. The molecule has 0 aliphatic carbocycles. The lowest BCUT2D eigenvalue weighted by molar-refractivity contribution is -0.317. The number of alkyl carbamates (subject to hydrolysis) is 1. The molecular weight excluding hydrogens is 895 g/mol. The Balaban J connectivity index is 1.64. The molecule has 1 aromatic carbocycles. The van der Waals surface area contributed by atoms with Crippen LogP contribution < -0.4 is 5.32 Å². The van der Waals surface area contributed by atoms with E-state index in [1.54, 1.807) is 48.5 Å². The Morgan fingerprint density at radius 2 is 1.57 bits per heavy atom. The fourth-order valence-electron chi connectivity index (χ4n) is 10.3. The van der Waals surface area contributed by atoms with Gasteiger partial charge in [-0.2, -0.15) is 0 Å². The van der Waals surface area contributed by atoms with E-state index in [9.17, 15) is 35.1 Å². The number of esters is 1. The summed E-state index contributed by atoms with van der Waals surface area (Å²) in [6, 6.07) is 9.12. The van der Waals surface area contributed by atoms with Crippen LogP contribution in [0.4, 0.5) is 4.79 Å². The minimum absolute atomic E-state index is 0.0205. The number of likely N-dealkylation sites (N-methyl/N-ethyl adjacent to an activating group) is 1. The van der Waals surface area contributed by atoms with E-state index >= 15 is 0 Å². The quantitative estimate of drug-likeness (QED) is 0.0679. The number of ether oxygens (including phenoxy) is 7. The lowest BCUT2D eigenvalue weighted by atomic mass is 9.73. The largest absolute Gasteiger partial charge is 0.459 e. The van der Waals surface area contributed by atoms with Crippen LogP contribution in [0.1, 0.15) is 126 Å². The molecule has 3 aliphatic heterocycles. The summed E-state index contributed by atoms with van der Waals surface area (Å²) in [4.78, 5) is 34.4. The molecule has 3 fully saturated rings. The van der Waals surface area contributed by atoms with Crippen molar-refractivity contribution in [1.29, 1.82) is 0 Å². The highest BCUT2D eigenvalue weighted by molar-refractivity contribution is 5.88. The van der Waals surface area contributed by atoms with Gasteiger partial charge in [0.25, 0.3) is 0 Å². The Labute approximate surface area is 410 Å². The van der Waals surface area contributed by atoms with Crippen LogP contribution in [0.3, 0.4) is 0 Å². The molecule has 18 atom stereocenters. The van der Waals surface area contributed by atoms with Crippen molar-refractivity contribution >= 4 is 17.8 Å². The molecule has 1 aromatic rings. The minimum atomic E-state index is -1.97. The van der Waals surface area contributed by atoms with E-state index < -0.39 is 108 Å². The lowest BCUT2D eigenvalue weighted by Gasteiger charge is -2.49. The van der Waals surface area contributed by atoms with Crippen LogP contribution in [-0.2, 0) is 49.4 Å². The molecule has 1 amide bonds. The van der Waals surface area contributed by atoms with Gasteiger partial charge in [-0.25, -0.2) is 4.79 Å². The van der Waals surface area contributed by atoms with Crippen LogP contribution in [0.15, 0.2) is 35.5 Å². The van der Waals surface area contributed by atoms with Crippen molar-refractivity contribution in [3.63, 3.8) is 0 Å². The number of hydrogen-bond donors (Lipinski definition) is 6. The van der Waals surface area contributed by atoms with Gasteiger partial charge in [-0.1, -0.05) is 69.6 Å². The Bertz CT molecular complexity index is 1750. The second-order valence-corrected chi connectivity index (χ2v) is 20.8. The molecule has 2 unspecified atom stereocenters. The van der Waals surface area contributed by atoms with E-state index in [-0.39, 0.29) is 44.6 Å². The Morgan fingerprint density at radius 1 is 0.899 bits per heavy atom. The SMILES string of the molecule is CCC1OC(=O)[C@H](C)C(O[C@H]2C[C@@](C)(OC)[C@@H](O)[C@H](C)O2)[C@H](C)[C@@H](O[C@@H]2O[C@H](C)C[C@H](N(C)C)[C@H]2O)[C@](C)(O)C[C@@H](C)/C(=N/OCCCCCCNC(=O)OCc2ccccc2)[C@H](C)[C@@H](O)[C@]1(C)O. The lowest BCUT2D eigenvalue weighted by Crippen LogP contribution is -2.61. The molecule has 4 rings (SSSR count). The number of aliphatic hydroxyl groups is 5. The third-order valence-corrected chi connectivity index (χ3v) is 14.7. The molecule has 3 aliphatic rings. The van der Waals surface area contributed by atoms with Crippen molar-refractivity contribution in [3.05, 3.63) is 35.9 Å². The number of carbonyl (C=O) groups excluding carboxylic acids is 2. The zero-order valence-electron chi connectivity index (χ0n) is 43.5. The van der Waals surface area contributed by atoms with E-state index in [2.05, 4.69) is 10.5 Å². The zero-order valence-corrected chi connectivity index (χ0v) is 43.5. The Morgan fingerprint density at radius 3 is 2.20 bits per heavy atom. The molecule has 0 spiro atoms. The summed E-state index contributed by atoms with van der Waals surface area (Å²) in [6.45, 7) is 18.0. The number of benzene rings is 1. The van der Waals surface area contributed by atoms with Crippen LogP contribution in [0.25, 0.3) is 0 Å². The van der Waals surface area contributed by atoms with Crippen molar-refractivity contribution in [2.45, 2.75) is 211 Å². The van der Waals surface area contributed by atoms with Crippen molar-refractivity contribution < 1.29 is 73.1 Å². The molecule has 0 saturated carbocycles. The summed E-state index contributed by atoms with van der Waals surface area (Å²) in [6.07, 6.45) is -7.09. The predicted molar refractivity (Wildman–Crippen MR) is 258 cm³/mol. The van der Waals surface area contributed by atoms with Gasteiger partial charge in [-0.15, -0.1) is 0 Å². The van der Waals surface area contributed by atoms with E-state index in [1.807, 2.05) is 63.2 Å². The first-order valence-corrected chi connectivity index (χ1v) is 25.0. The third-order valence-electron chi connectivity index (χ3n) is 14.7. The number of amides is 1. The molecule has 0 aromatic heterocycles. The number of unbranched alkanes of at least 4 members (excludes halogenated alkanes) is 3. The maximum atomic E-state index is 14.5. The maximum absolute atomic E-state index is 14.5. The van der Waals surface area contributed by atoms with Crippen LogP contribution in [0.5, 0.6) is 0 Å². The van der Waals surface area contributed by atoms with Crippen molar-refractivity contribution in [1.82, 2.24) is 10.2 Å². The van der Waals surface area contributed by atoms with Gasteiger partial charge < -0.3 is 73.7 Å². The van der Waals surface area contributed by atoms with Gasteiger partial charge in [0.15, 0.2) is 12.6 Å². The number of nitrogens with zero attached hydrogens (tertiary/aromatic N) is 2. The fraction of sp³-hybridized carbons (Fsp3) is 0.824. The molecule has 3 saturated heterocycles. The topological polar surface area (TPSA) is 237 Å². The molecular formula is C51H87N3O15. The average molecular weight is 982 g/mol. The number of rotatable bonds is 17. The molecule has 18 nitrogen and oxygen atoms in total. The maximum Gasteiger partial charge on any atom is 0.407 e. The van der Waals surface area contributed by atoms with E-state index in [0.29, 0.717) is 25.1 Å². The summed E-state index contributed by atoms with van der Waals surface area (Å²) in [5, 5.41) is 67.2. The normalized spacial score (nSPS) is 40.2. The summed E-state index contributed by atoms with van der Waals surface area (Å²) in [5.74, 6) is -4.13. The van der Waals surface area contributed by atoms with Crippen molar-refractivity contribution in [3.8, 4) is 0 Å². The zero-order chi connectivity index (χ0) is 51.4. The van der Waals surface area contributed by atoms with Crippen LogP contribution in [0.2, 0.25) is 0 Å². The number of cyclic esters (lactones) is 1. The molecule has 0 bridgehead atoms. The smallest absolute Gasteiger partial charge is 0.407 e. The van der Waals surface area contributed by atoms with Gasteiger partial charge >= 0.3 is 12.1 Å². The van der Waals surface area contributed by atoms with Crippen LogP contribution >= 0.6 is 0 Å². The molecule has 6 N–H and O–H groups in total. The summed E-state index contributed by atoms with van der Waals surface area (Å²) < 4.78 is 43.2. The number of aliphatic hydroxyl groups excluding tert-OH is 3. The summed E-state index contributed by atoms with van der Waals surface area (Å²) in [5.41, 5.74) is -3.56. The third kappa shape index (κ3) is 15.5. The first-order chi connectivity index (χ1) is 32.4. The van der Waals surface area contributed by atoms with Gasteiger partial charge in [0.05, 0.1) is 53.4 Å². The van der Waals surface area contributed by atoms with Crippen molar-refractivity contribution in [2.75, 3.05) is 34.4 Å². The molecule has 396 valence electrons. The summed E-state index contributed by atoms with van der Waals surface area (Å²) >= 11 is 0. The minimum Gasteiger partial charge on any atom is -0.459 e. The second kappa shape index (κ2) is 26.1. The number of oxime groups is 1. The first kappa shape index (κ1) is 58.6. The van der Waals surface area contributed by atoms with E-state index in [4.69, 9.17) is 38.0 Å². The Hall–Kier alpha value is -3.01. The monoisotopic (exact) mass is 982 g/mol. The van der Waals surface area contributed by atoms with Crippen molar-refractivity contribution in [2.24, 2.45) is 28.8 Å². The number of nitrogens with one attached hydrogen (secondary N) is 1. The van der Waals surface area contributed by atoms with Gasteiger partial charge in [0.2, 0.25) is 0 Å². The fourth-order valence-corrected chi connectivity index (χ4v) is 10.3. The number of hydrogen-bond acceptors (Lipinski definition) is 17. The number of methoxy groups -OCH3 is 1. The highest BCUT2D eigenvalue weighted by Gasteiger charge is 2.53. The van der Waals surface area contributed by atoms with Gasteiger partial charge in [0, 0.05) is 43.9 Å². The molecule has 18 heteroatoms. The van der Waals surface area contributed by atoms with Crippen LogP contribution in [0, 0.1) is 23.7 Å². The standard InChI is InChI=1S/C51H87N3O15/c1-14-38-51(10,61)43(56)32(4)40(53-64-25-21-16-15-20-24-52-48(59)63-29-36-22-18-17-19-23-36)30(2)27-49(8,60)45(69-47-41(55)37(54(11)12)26-31(3)65-47)33(5)42(34(6)46(58)67-38)68-39-28-50(9,62-13)44(57)35(7)66-39/h17-19,22-23,30-35,37-39,41-45,47,55-57,60-61H,14-16,20-21,24-29H2,1-13H3,(H,52,59)/b53-40-/t30-,31-,32+,33+,34-,35+,37+,38?,39+,41-,42?,43-,44+,45-,47+,49-,50-,51-/m1/s1.